The Morgan fingerprint density at radius 2 is 1.89 bits per heavy atom. The zero-order valence-electron chi connectivity index (χ0n) is 22.0. The van der Waals surface area contributed by atoms with Crippen molar-refractivity contribution >= 4 is 11.9 Å². The molecule has 3 rings (SSSR count). The van der Waals surface area contributed by atoms with Gasteiger partial charge in [0.05, 0.1) is 12.7 Å². The average Bonchev–Trinajstić information content (AvgIpc) is 2.89. The minimum absolute atomic E-state index is 0.0141. The normalized spacial score (nSPS) is 22.7. The highest BCUT2D eigenvalue weighted by Crippen LogP contribution is 2.35. The molecule has 4 unspecified atom stereocenters. The molecule has 1 saturated heterocycles. The number of pyridine rings is 1. The minimum Gasteiger partial charge on any atom is -0.503 e. The number of nitrogens with one attached hydrogen (secondary N) is 1. The summed E-state index contributed by atoms with van der Waals surface area (Å²) in [6.07, 6.45) is -0.618. The molecule has 1 aliphatic heterocycles. The van der Waals surface area contributed by atoms with Gasteiger partial charge in [0.2, 0.25) is 0 Å². The van der Waals surface area contributed by atoms with Crippen LogP contribution in [0, 0.1) is 17.8 Å². The van der Waals surface area contributed by atoms with Crippen LogP contribution in [0.4, 0.5) is 13.2 Å². The largest absolute Gasteiger partial charge is 0.503 e. The summed E-state index contributed by atoms with van der Waals surface area (Å²) in [5, 5.41) is 12.9. The fourth-order valence-electron chi connectivity index (χ4n) is 5.09. The minimum atomic E-state index is -4.39. The molecule has 1 fully saturated rings. The molecule has 0 aliphatic carbocycles. The highest BCUT2D eigenvalue weighted by atomic mass is 19.4. The fourth-order valence-corrected chi connectivity index (χ4v) is 5.09. The second-order valence-electron chi connectivity index (χ2n) is 10.3. The molecule has 1 aliphatic rings. The van der Waals surface area contributed by atoms with Crippen molar-refractivity contribution in [1.82, 2.24) is 10.3 Å². The van der Waals surface area contributed by atoms with Crippen LogP contribution in [-0.2, 0) is 22.1 Å². The van der Waals surface area contributed by atoms with Gasteiger partial charge in [-0.25, -0.2) is 9.78 Å². The van der Waals surface area contributed by atoms with E-state index in [-0.39, 0.29) is 23.3 Å². The molecule has 7 nitrogen and oxygen atoms in total. The summed E-state index contributed by atoms with van der Waals surface area (Å²) < 4.78 is 49.9. The zero-order chi connectivity index (χ0) is 28.0. The van der Waals surface area contributed by atoms with E-state index in [2.05, 4.69) is 24.1 Å². The number of amides is 1. The van der Waals surface area contributed by atoms with Crippen molar-refractivity contribution in [2.75, 3.05) is 7.11 Å². The lowest BCUT2D eigenvalue weighted by atomic mass is 9.76. The number of halogens is 3. The van der Waals surface area contributed by atoms with E-state index in [4.69, 9.17) is 9.47 Å². The van der Waals surface area contributed by atoms with Crippen molar-refractivity contribution in [3.8, 4) is 11.5 Å². The molecular weight excluding hydrogens is 501 g/mol. The Bertz CT molecular complexity index is 1100. The van der Waals surface area contributed by atoms with Crippen molar-refractivity contribution in [1.29, 1.82) is 0 Å². The molecule has 2 aromatic rings. The topological polar surface area (TPSA) is 97.8 Å². The monoisotopic (exact) mass is 536 g/mol. The van der Waals surface area contributed by atoms with Crippen LogP contribution >= 0.6 is 0 Å². The molecule has 2 N–H and O–H groups in total. The van der Waals surface area contributed by atoms with Crippen molar-refractivity contribution in [2.24, 2.45) is 17.8 Å². The quantitative estimate of drug-likeness (QED) is 0.451. The van der Waals surface area contributed by atoms with Gasteiger partial charge in [0.15, 0.2) is 17.2 Å². The number of rotatable bonds is 7. The number of aromatic hydroxyl groups is 1. The lowest BCUT2D eigenvalue weighted by Gasteiger charge is -2.32. The number of carbonyl (C=O) groups is 2. The second kappa shape index (κ2) is 12.5. The van der Waals surface area contributed by atoms with Gasteiger partial charge in [0.1, 0.15) is 12.1 Å². The SMILES string of the molecule is COc1ccnc(C(=O)NC2CCCC(Cc3ccc(C(F)(F)F)cc3)C(CC(C)C)C(C)OC2=O)c1O. The third-order valence-electron chi connectivity index (χ3n) is 7.01. The molecular formula is C28H35F3N2O5. The van der Waals surface area contributed by atoms with Crippen LogP contribution in [-0.4, -0.2) is 41.2 Å². The van der Waals surface area contributed by atoms with Crippen molar-refractivity contribution < 1.29 is 37.3 Å². The van der Waals surface area contributed by atoms with E-state index >= 15 is 0 Å². The molecule has 4 atom stereocenters. The van der Waals surface area contributed by atoms with Gasteiger partial charge in [-0.05, 0) is 68.1 Å². The maximum atomic E-state index is 13.1. The molecule has 10 heteroatoms. The molecule has 208 valence electrons. The Labute approximate surface area is 220 Å². The number of methoxy groups -OCH3 is 1. The van der Waals surface area contributed by atoms with E-state index in [0.29, 0.717) is 31.6 Å². The Morgan fingerprint density at radius 3 is 2.50 bits per heavy atom. The fraction of sp³-hybridized carbons (Fsp3) is 0.536. The van der Waals surface area contributed by atoms with Crippen LogP contribution in [0.5, 0.6) is 11.5 Å². The predicted octanol–water partition coefficient (Wildman–Crippen LogP) is 5.55. The van der Waals surface area contributed by atoms with E-state index in [1.807, 2.05) is 6.92 Å². The summed E-state index contributed by atoms with van der Waals surface area (Å²) >= 11 is 0. The summed E-state index contributed by atoms with van der Waals surface area (Å²) in [6, 6.07) is 5.68. The molecule has 1 aromatic carbocycles. The number of esters is 1. The van der Waals surface area contributed by atoms with Gasteiger partial charge in [-0.1, -0.05) is 32.4 Å². The van der Waals surface area contributed by atoms with Gasteiger partial charge in [-0.15, -0.1) is 0 Å². The second-order valence-corrected chi connectivity index (χ2v) is 10.3. The Hall–Kier alpha value is -3.30. The van der Waals surface area contributed by atoms with Crippen molar-refractivity contribution in [3.05, 3.63) is 53.3 Å². The lowest BCUT2D eigenvalue weighted by molar-refractivity contribution is -0.154. The lowest BCUT2D eigenvalue weighted by Crippen LogP contribution is -2.43. The van der Waals surface area contributed by atoms with Gasteiger partial charge in [0, 0.05) is 12.3 Å². The summed E-state index contributed by atoms with van der Waals surface area (Å²) in [6.45, 7) is 5.98. The van der Waals surface area contributed by atoms with Gasteiger partial charge in [-0.3, -0.25) is 4.79 Å². The first-order valence-electron chi connectivity index (χ1n) is 12.8. The smallest absolute Gasteiger partial charge is 0.416 e. The van der Waals surface area contributed by atoms with E-state index in [9.17, 15) is 27.9 Å². The van der Waals surface area contributed by atoms with Crippen LogP contribution in [0.2, 0.25) is 0 Å². The number of benzene rings is 1. The third kappa shape index (κ3) is 7.39. The first-order chi connectivity index (χ1) is 17.9. The van der Waals surface area contributed by atoms with Gasteiger partial charge >= 0.3 is 12.1 Å². The Balaban J connectivity index is 1.79. The highest BCUT2D eigenvalue weighted by Gasteiger charge is 2.35. The van der Waals surface area contributed by atoms with Crippen LogP contribution < -0.4 is 10.1 Å². The molecule has 1 aromatic heterocycles. The number of cyclic esters (lactones) is 1. The molecule has 0 spiro atoms. The summed E-state index contributed by atoms with van der Waals surface area (Å²) in [7, 11) is 1.35. The van der Waals surface area contributed by atoms with Crippen LogP contribution in [0.1, 0.15) is 68.1 Å². The number of alkyl halides is 3. The molecule has 0 saturated carbocycles. The number of nitrogens with zero attached hydrogens (tertiary/aromatic N) is 1. The first-order valence-corrected chi connectivity index (χ1v) is 12.8. The van der Waals surface area contributed by atoms with Crippen LogP contribution in [0.15, 0.2) is 36.5 Å². The van der Waals surface area contributed by atoms with Crippen LogP contribution in [0.3, 0.4) is 0 Å². The number of ether oxygens (including phenoxy) is 2. The summed E-state index contributed by atoms with van der Waals surface area (Å²) in [5.74, 6) is -1.28. The standard InChI is InChI=1S/C28H35F3N2O5/c1-16(2)14-21-17(3)38-27(36)22(33-26(35)24-25(34)23(37-4)12-13-32-24)7-5-6-19(21)15-18-8-10-20(11-9-18)28(29,30)31/h8-13,16-17,19,21-22,34H,5-7,14-15H2,1-4H3,(H,33,35). The van der Waals surface area contributed by atoms with Gasteiger partial charge in [-0.2, -0.15) is 13.2 Å². The highest BCUT2D eigenvalue weighted by molar-refractivity contribution is 5.97. The number of hydrogen-bond donors (Lipinski definition) is 2. The Morgan fingerprint density at radius 1 is 1.21 bits per heavy atom. The molecule has 38 heavy (non-hydrogen) atoms. The predicted molar refractivity (Wildman–Crippen MR) is 135 cm³/mol. The van der Waals surface area contributed by atoms with Gasteiger partial charge < -0.3 is 19.9 Å². The summed E-state index contributed by atoms with van der Waals surface area (Å²) in [4.78, 5) is 29.8. The van der Waals surface area contributed by atoms with E-state index in [1.165, 1.54) is 31.5 Å². The van der Waals surface area contributed by atoms with Gasteiger partial charge in [0.25, 0.3) is 5.91 Å². The average molecular weight is 537 g/mol. The first kappa shape index (κ1) is 29.3. The number of aromatic nitrogens is 1. The van der Waals surface area contributed by atoms with Crippen molar-refractivity contribution in [3.63, 3.8) is 0 Å². The summed E-state index contributed by atoms with van der Waals surface area (Å²) in [5.41, 5.74) is -0.159. The van der Waals surface area contributed by atoms with E-state index in [0.717, 1.165) is 24.1 Å². The zero-order valence-corrected chi connectivity index (χ0v) is 22.0. The third-order valence-corrected chi connectivity index (χ3v) is 7.01. The number of carbonyl (C=O) groups excluding carboxylic acids is 2. The molecule has 0 radical (unpaired) electrons. The molecule has 1 amide bonds. The van der Waals surface area contributed by atoms with E-state index in [1.54, 1.807) is 0 Å². The van der Waals surface area contributed by atoms with Crippen molar-refractivity contribution in [2.45, 2.75) is 71.2 Å². The van der Waals surface area contributed by atoms with E-state index < -0.39 is 41.5 Å². The molecule has 0 bridgehead atoms. The number of hydrogen-bond acceptors (Lipinski definition) is 6. The Kier molecular flexibility index (Phi) is 9.62. The van der Waals surface area contributed by atoms with Crippen LogP contribution in [0.25, 0.3) is 0 Å². The maximum Gasteiger partial charge on any atom is 0.416 e. The maximum absolute atomic E-state index is 13.1. The molecule has 2 heterocycles.